The van der Waals surface area contributed by atoms with Crippen LogP contribution in [0.3, 0.4) is 0 Å². The summed E-state index contributed by atoms with van der Waals surface area (Å²) < 4.78 is 5.59. The third kappa shape index (κ3) is 4.00. The molecule has 2 amide bonds. The number of nitrogens with one attached hydrogen (secondary N) is 2. The van der Waals surface area contributed by atoms with Crippen LogP contribution in [0.25, 0.3) is 0 Å². The monoisotopic (exact) mass is 364 g/mol. The van der Waals surface area contributed by atoms with E-state index in [4.69, 9.17) is 4.74 Å². The molecule has 1 saturated carbocycles. The molecule has 1 aliphatic carbocycles. The Hall–Kier alpha value is -3.15. The largest absolute Gasteiger partial charge is 0.444 e. The molecule has 1 atom stereocenters. The first-order valence-corrected chi connectivity index (χ1v) is 9.09. The van der Waals surface area contributed by atoms with E-state index in [1.165, 1.54) is 0 Å². The Morgan fingerprint density at radius 3 is 2.59 bits per heavy atom. The lowest BCUT2D eigenvalue weighted by Gasteiger charge is -2.20. The number of fused-ring (bicyclic) bond motifs is 1. The molecule has 0 aromatic heterocycles. The van der Waals surface area contributed by atoms with Crippen molar-refractivity contribution in [3.63, 3.8) is 0 Å². The van der Waals surface area contributed by atoms with Crippen LogP contribution < -0.4 is 10.6 Å². The van der Waals surface area contributed by atoms with Crippen molar-refractivity contribution in [2.24, 2.45) is 0 Å². The van der Waals surface area contributed by atoms with Crippen LogP contribution >= 0.6 is 0 Å². The molecule has 0 bridgehead atoms. The molecule has 27 heavy (non-hydrogen) atoms. The number of esters is 1. The van der Waals surface area contributed by atoms with Gasteiger partial charge in [0, 0.05) is 23.7 Å². The topological polar surface area (TPSA) is 84.5 Å². The lowest BCUT2D eigenvalue weighted by Crippen LogP contribution is -2.33. The third-order valence-electron chi connectivity index (χ3n) is 4.73. The predicted molar refractivity (Wildman–Crippen MR) is 99.2 cm³/mol. The van der Waals surface area contributed by atoms with E-state index in [9.17, 15) is 14.4 Å². The molecule has 2 aliphatic rings. The molecular formula is C21H20N2O4. The first-order valence-electron chi connectivity index (χ1n) is 9.09. The maximum absolute atomic E-state index is 12.7. The lowest BCUT2D eigenvalue weighted by molar-refractivity contribution is -0.130. The number of aryl methyl sites for hydroxylation is 1. The van der Waals surface area contributed by atoms with Crippen molar-refractivity contribution in [1.29, 1.82) is 0 Å². The van der Waals surface area contributed by atoms with Crippen LogP contribution in [0.5, 0.6) is 0 Å². The molecular weight excluding hydrogens is 344 g/mol. The maximum atomic E-state index is 12.7. The Kier molecular flexibility index (Phi) is 4.62. The van der Waals surface area contributed by atoms with Gasteiger partial charge in [-0.2, -0.15) is 0 Å². The van der Waals surface area contributed by atoms with Crippen LogP contribution in [0.4, 0.5) is 5.69 Å². The van der Waals surface area contributed by atoms with E-state index in [1.54, 1.807) is 30.3 Å². The zero-order valence-electron chi connectivity index (χ0n) is 14.7. The smallest absolute Gasteiger partial charge is 0.339 e. The van der Waals surface area contributed by atoms with E-state index in [0.717, 1.165) is 18.4 Å². The van der Waals surface area contributed by atoms with Gasteiger partial charge in [-0.3, -0.25) is 9.59 Å². The fraction of sp³-hybridized carbons (Fsp3) is 0.286. The van der Waals surface area contributed by atoms with E-state index in [1.807, 2.05) is 18.2 Å². The van der Waals surface area contributed by atoms with Gasteiger partial charge in [0.05, 0.1) is 5.56 Å². The molecule has 0 radical (unpaired) electrons. The summed E-state index contributed by atoms with van der Waals surface area (Å²) in [5.74, 6) is -0.893. The maximum Gasteiger partial charge on any atom is 0.339 e. The van der Waals surface area contributed by atoms with Crippen molar-refractivity contribution in [2.45, 2.75) is 37.8 Å². The minimum atomic E-state index is -0.991. The summed E-state index contributed by atoms with van der Waals surface area (Å²) in [5, 5.41) is 5.68. The first-order chi connectivity index (χ1) is 13.1. The number of benzene rings is 2. The van der Waals surface area contributed by atoms with Gasteiger partial charge in [-0.1, -0.05) is 30.3 Å². The molecule has 1 fully saturated rings. The summed E-state index contributed by atoms with van der Waals surface area (Å²) in [6, 6.07) is 14.2. The molecule has 4 rings (SSSR count). The van der Waals surface area contributed by atoms with Gasteiger partial charge in [0.1, 0.15) is 0 Å². The number of anilines is 1. The van der Waals surface area contributed by atoms with Crippen LogP contribution in [-0.4, -0.2) is 23.8 Å². The molecule has 0 saturated heterocycles. The summed E-state index contributed by atoms with van der Waals surface area (Å²) in [7, 11) is 0. The molecule has 2 aromatic rings. The molecule has 6 nitrogen and oxygen atoms in total. The van der Waals surface area contributed by atoms with Crippen molar-refractivity contribution in [3.05, 3.63) is 65.2 Å². The number of amides is 2. The van der Waals surface area contributed by atoms with E-state index in [0.29, 0.717) is 29.7 Å². The van der Waals surface area contributed by atoms with Crippen LogP contribution in [0.2, 0.25) is 0 Å². The fourth-order valence-corrected chi connectivity index (χ4v) is 3.09. The molecule has 6 heteroatoms. The quantitative estimate of drug-likeness (QED) is 0.799. The van der Waals surface area contributed by atoms with Crippen LogP contribution in [0, 0.1) is 0 Å². The van der Waals surface area contributed by atoms with E-state index in [-0.39, 0.29) is 17.9 Å². The van der Waals surface area contributed by atoms with Gasteiger partial charge >= 0.3 is 5.97 Å². The standard InChI is InChI=1S/C21H20N2O4/c24-18-11-7-14-12-15(6-10-17(14)23-18)21(26)27-19(13-4-2-1-3-5-13)20(25)22-16-8-9-16/h1-6,10,12,16,19H,7-9,11H2,(H,22,25)(H,23,24). The zero-order chi connectivity index (χ0) is 18.8. The second-order valence-electron chi connectivity index (χ2n) is 6.90. The lowest BCUT2D eigenvalue weighted by atomic mass is 10.0. The zero-order valence-corrected chi connectivity index (χ0v) is 14.7. The minimum Gasteiger partial charge on any atom is -0.444 e. The van der Waals surface area contributed by atoms with Crippen LogP contribution in [-0.2, 0) is 20.7 Å². The highest BCUT2D eigenvalue weighted by Crippen LogP contribution is 2.27. The number of hydrogen-bond donors (Lipinski definition) is 2. The van der Waals surface area contributed by atoms with Gasteiger partial charge in [0.2, 0.25) is 12.0 Å². The van der Waals surface area contributed by atoms with E-state index in [2.05, 4.69) is 10.6 Å². The molecule has 1 aliphatic heterocycles. The molecule has 0 spiro atoms. The average Bonchev–Trinajstić information content (AvgIpc) is 3.50. The summed E-state index contributed by atoms with van der Waals surface area (Å²) >= 11 is 0. The number of hydrogen-bond acceptors (Lipinski definition) is 4. The highest BCUT2D eigenvalue weighted by molar-refractivity contribution is 5.97. The SMILES string of the molecule is O=C1CCc2cc(C(=O)OC(C(=O)NC3CC3)c3ccccc3)ccc2N1. The Balaban J connectivity index is 1.54. The predicted octanol–water partition coefficient (Wildman–Crippen LogP) is 2.75. The highest BCUT2D eigenvalue weighted by Gasteiger charge is 2.31. The number of rotatable bonds is 5. The molecule has 2 aromatic carbocycles. The van der Waals surface area contributed by atoms with Gasteiger partial charge in [0.15, 0.2) is 0 Å². The van der Waals surface area contributed by atoms with Gasteiger partial charge < -0.3 is 15.4 Å². The van der Waals surface area contributed by atoms with Crippen molar-refractivity contribution in [1.82, 2.24) is 5.32 Å². The Morgan fingerprint density at radius 1 is 1.07 bits per heavy atom. The van der Waals surface area contributed by atoms with E-state index >= 15 is 0 Å². The molecule has 1 unspecified atom stereocenters. The number of carbonyl (C=O) groups excluding carboxylic acids is 3. The molecule has 2 N–H and O–H groups in total. The average molecular weight is 364 g/mol. The summed E-state index contributed by atoms with van der Waals surface area (Å²) in [6.07, 6.45) is 1.89. The molecule has 1 heterocycles. The minimum absolute atomic E-state index is 0.0290. The van der Waals surface area contributed by atoms with E-state index < -0.39 is 12.1 Å². The highest BCUT2D eigenvalue weighted by atomic mass is 16.5. The van der Waals surface area contributed by atoms with Crippen molar-refractivity contribution < 1.29 is 19.1 Å². The van der Waals surface area contributed by atoms with Gasteiger partial charge in [-0.25, -0.2) is 4.79 Å². The summed E-state index contributed by atoms with van der Waals surface area (Å²) in [4.78, 5) is 36.8. The number of carbonyl (C=O) groups is 3. The van der Waals surface area contributed by atoms with Gasteiger partial charge in [-0.05, 0) is 43.0 Å². The van der Waals surface area contributed by atoms with Crippen LogP contribution in [0.15, 0.2) is 48.5 Å². The van der Waals surface area contributed by atoms with Crippen molar-refractivity contribution in [3.8, 4) is 0 Å². The number of ether oxygens (including phenoxy) is 1. The van der Waals surface area contributed by atoms with Crippen molar-refractivity contribution >= 4 is 23.5 Å². The Bertz CT molecular complexity index is 890. The van der Waals surface area contributed by atoms with Crippen molar-refractivity contribution in [2.75, 3.05) is 5.32 Å². The Labute approximate surface area is 156 Å². The summed E-state index contributed by atoms with van der Waals surface area (Å²) in [5.41, 5.74) is 2.61. The second-order valence-corrected chi connectivity index (χ2v) is 6.90. The second kappa shape index (κ2) is 7.23. The van der Waals surface area contributed by atoms with Gasteiger partial charge in [-0.15, -0.1) is 0 Å². The summed E-state index contributed by atoms with van der Waals surface area (Å²) in [6.45, 7) is 0. The Morgan fingerprint density at radius 2 is 1.85 bits per heavy atom. The third-order valence-corrected chi connectivity index (χ3v) is 4.73. The molecule has 138 valence electrons. The normalized spacial score (nSPS) is 16.7. The van der Waals surface area contributed by atoms with Gasteiger partial charge in [0.25, 0.3) is 5.91 Å². The van der Waals surface area contributed by atoms with Crippen LogP contribution in [0.1, 0.15) is 46.9 Å². The first kappa shape index (κ1) is 17.3. The fourth-order valence-electron chi connectivity index (χ4n) is 3.09.